The van der Waals surface area contributed by atoms with Crippen molar-refractivity contribution in [2.75, 3.05) is 13.7 Å². The normalized spacial score (nSPS) is 22.6. The zero-order chi connectivity index (χ0) is 21.0. The fraction of sp³-hybridized carbons (Fsp3) is 0.636. The van der Waals surface area contributed by atoms with Crippen LogP contribution in [0.1, 0.15) is 63.2 Å². The molecule has 160 valence electrons. The predicted molar refractivity (Wildman–Crippen MR) is 112 cm³/mol. The molecule has 1 saturated carbocycles. The molecular formula is C22H34N4O3. The molecule has 1 aromatic carbocycles. The van der Waals surface area contributed by atoms with Crippen molar-refractivity contribution in [1.29, 1.82) is 0 Å². The van der Waals surface area contributed by atoms with Crippen LogP contribution in [0.25, 0.3) is 0 Å². The minimum Gasteiger partial charge on any atom is -0.486 e. The van der Waals surface area contributed by atoms with E-state index >= 15 is 0 Å². The van der Waals surface area contributed by atoms with E-state index in [9.17, 15) is 5.11 Å². The molecule has 0 saturated heterocycles. The number of methoxy groups -OCH3 is 1. The first-order chi connectivity index (χ1) is 13.8. The summed E-state index contributed by atoms with van der Waals surface area (Å²) in [4.78, 5) is 4.73. The van der Waals surface area contributed by atoms with Crippen molar-refractivity contribution >= 4 is 0 Å². The number of aromatic nitrogens is 3. The summed E-state index contributed by atoms with van der Waals surface area (Å²) in [6.45, 7) is 7.29. The first-order valence-electron chi connectivity index (χ1n) is 10.4. The van der Waals surface area contributed by atoms with Gasteiger partial charge in [0.1, 0.15) is 18.2 Å². The van der Waals surface area contributed by atoms with Crippen LogP contribution in [0.2, 0.25) is 0 Å². The molecule has 0 aliphatic heterocycles. The average molecular weight is 403 g/mol. The molecule has 7 heteroatoms. The van der Waals surface area contributed by atoms with E-state index in [1.165, 1.54) is 5.56 Å². The molecule has 0 bridgehead atoms. The van der Waals surface area contributed by atoms with E-state index in [-0.39, 0.29) is 30.1 Å². The Morgan fingerprint density at radius 1 is 1.21 bits per heavy atom. The quantitative estimate of drug-likeness (QED) is 0.739. The van der Waals surface area contributed by atoms with Crippen LogP contribution < -0.4 is 10.5 Å². The molecule has 2 aromatic rings. The van der Waals surface area contributed by atoms with Gasteiger partial charge in [0.15, 0.2) is 5.82 Å². The summed E-state index contributed by atoms with van der Waals surface area (Å²) >= 11 is 0. The Morgan fingerprint density at radius 3 is 2.52 bits per heavy atom. The number of ether oxygens (including phenoxy) is 2. The molecule has 7 nitrogen and oxygen atoms in total. The molecule has 3 rings (SSSR count). The van der Waals surface area contributed by atoms with Crippen molar-refractivity contribution in [3.8, 4) is 5.75 Å². The number of aliphatic hydroxyl groups is 1. The number of benzene rings is 1. The molecule has 3 atom stereocenters. The van der Waals surface area contributed by atoms with Gasteiger partial charge < -0.3 is 20.3 Å². The van der Waals surface area contributed by atoms with Crippen molar-refractivity contribution in [2.45, 2.75) is 76.7 Å². The second-order valence-electron chi connectivity index (χ2n) is 8.84. The molecule has 0 spiro atoms. The van der Waals surface area contributed by atoms with Crippen LogP contribution in [-0.4, -0.2) is 45.7 Å². The van der Waals surface area contributed by atoms with Crippen molar-refractivity contribution in [3.05, 3.63) is 41.5 Å². The van der Waals surface area contributed by atoms with E-state index in [1.807, 2.05) is 12.1 Å². The molecule has 1 fully saturated rings. The van der Waals surface area contributed by atoms with Gasteiger partial charge in [-0.3, -0.25) is 0 Å². The third-order valence-corrected chi connectivity index (χ3v) is 5.65. The monoisotopic (exact) mass is 402 g/mol. The third kappa shape index (κ3) is 5.35. The van der Waals surface area contributed by atoms with Crippen LogP contribution in [0.15, 0.2) is 24.3 Å². The highest BCUT2D eigenvalue weighted by Crippen LogP contribution is 2.32. The van der Waals surface area contributed by atoms with Crippen molar-refractivity contribution in [3.63, 3.8) is 0 Å². The molecule has 3 N–H and O–H groups in total. The Labute approximate surface area is 173 Å². The lowest BCUT2D eigenvalue weighted by Gasteiger charge is -2.32. The first kappa shape index (κ1) is 21.7. The van der Waals surface area contributed by atoms with E-state index in [0.717, 1.165) is 30.8 Å². The lowest BCUT2D eigenvalue weighted by molar-refractivity contribution is 0.0478. The Balaban J connectivity index is 1.68. The Kier molecular flexibility index (Phi) is 6.93. The fourth-order valence-corrected chi connectivity index (χ4v) is 3.93. The lowest BCUT2D eigenvalue weighted by Crippen LogP contribution is -2.41. The Hall–Kier alpha value is -1.96. The standard InChI is InChI=1S/C22H34N4O3/c1-22(2,3)16-6-8-17(9-7-16)29-14-20-24-21(26(25-20)11-12-27)15-5-10-19(28-4)18(23)13-15/h6-9,15,18-19,27H,5,10-14,23H2,1-4H3/t15-,18+,19+/m0/s1. The van der Waals surface area contributed by atoms with Crippen molar-refractivity contribution in [1.82, 2.24) is 14.8 Å². The Bertz CT molecular complexity index is 782. The maximum absolute atomic E-state index is 9.42. The van der Waals surface area contributed by atoms with Crippen LogP contribution in [0, 0.1) is 0 Å². The summed E-state index contributed by atoms with van der Waals surface area (Å²) in [5.41, 5.74) is 7.65. The van der Waals surface area contributed by atoms with Crippen molar-refractivity contribution in [2.24, 2.45) is 5.73 Å². The van der Waals surface area contributed by atoms with Crippen LogP contribution in [0.3, 0.4) is 0 Å². The highest BCUT2D eigenvalue weighted by Gasteiger charge is 2.32. The van der Waals surface area contributed by atoms with Gasteiger partial charge in [-0.05, 0) is 42.4 Å². The van der Waals surface area contributed by atoms with Gasteiger partial charge in [-0.1, -0.05) is 32.9 Å². The van der Waals surface area contributed by atoms with Gasteiger partial charge in [0, 0.05) is 19.1 Å². The van der Waals surface area contributed by atoms with Gasteiger partial charge in [-0.15, -0.1) is 0 Å². The first-order valence-corrected chi connectivity index (χ1v) is 10.4. The zero-order valence-corrected chi connectivity index (χ0v) is 18.0. The molecular weight excluding hydrogens is 368 g/mol. The number of hydrogen-bond acceptors (Lipinski definition) is 6. The molecule has 1 aliphatic carbocycles. The highest BCUT2D eigenvalue weighted by atomic mass is 16.5. The van der Waals surface area contributed by atoms with Crippen molar-refractivity contribution < 1.29 is 14.6 Å². The number of aliphatic hydroxyl groups excluding tert-OH is 1. The third-order valence-electron chi connectivity index (χ3n) is 5.65. The number of nitrogens with two attached hydrogens (primary N) is 1. The average Bonchev–Trinajstić information content (AvgIpc) is 3.09. The second-order valence-corrected chi connectivity index (χ2v) is 8.84. The van der Waals surface area contributed by atoms with E-state index in [2.05, 4.69) is 38.0 Å². The fourth-order valence-electron chi connectivity index (χ4n) is 3.93. The molecule has 29 heavy (non-hydrogen) atoms. The topological polar surface area (TPSA) is 95.4 Å². The lowest BCUT2D eigenvalue weighted by atomic mass is 9.83. The number of hydrogen-bond donors (Lipinski definition) is 2. The van der Waals surface area contributed by atoms with Gasteiger partial charge in [0.2, 0.25) is 0 Å². The van der Waals surface area contributed by atoms with E-state index in [0.29, 0.717) is 19.0 Å². The molecule has 1 heterocycles. The summed E-state index contributed by atoms with van der Waals surface area (Å²) in [5.74, 6) is 2.51. The van der Waals surface area contributed by atoms with Crippen LogP contribution in [0.5, 0.6) is 5.75 Å². The highest BCUT2D eigenvalue weighted by molar-refractivity contribution is 5.31. The molecule has 0 radical (unpaired) electrons. The molecule has 0 unspecified atom stereocenters. The van der Waals surface area contributed by atoms with Crippen LogP contribution in [0.4, 0.5) is 0 Å². The van der Waals surface area contributed by atoms with Crippen LogP contribution >= 0.6 is 0 Å². The molecule has 1 aliphatic rings. The van der Waals surface area contributed by atoms with E-state index in [4.69, 9.17) is 20.2 Å². The predicted octanol–water partition coefficient (Wildman–Crippen LogP) is 2.76. The summed E-state index contributed by atoms with van der Waals surface area (Å²) in [6, 6.07) is 8.13. The summed E-state index contributed by atoms with van der Waals surface area (Å²) in [6.07, 6.45) is 2.75. The largest absolute Gasteiger partial charge is 0.486 e. The summed E-state index contributed by atoms with van der Waals surface area (Å²) in [5, 5.41) is 14.0. The number of nitrogens with zero attached hydrogens (tertiary/aromatic N) is 3. The molecule has 1 aromatic heterocycles. The minimum atomic E-state index is -0.0148. The summed E-state index contributed by atoms with van der Waals surface area (Å²) < 4.78 is 13.2. The zero-order valence-electron chi connectivity index (χ0n) is 18.0. The van der Waals surface area contributed by atoms with E-state index in [1.54, 1.807) is 11.8 Å². The van der Waals surface area contributed by atoms with Gasteiger partial charge in [-0.2, -0.15) is 5.10 Å². The maximum atomic E-state index is 9.42. The maximum Gasteiger partial charge on any atom is 0.188 e. The summed E-state index contributed by atoms with van der Waals surface area (Å²) in [7, 11) is 1.71. The van der Waals surface area contributed by atoms with Gasteiger partial charge in [0.25, 0.3) is 0 Å². The second kappa shape index (κ2) is 9.24. The Morgan fingerprint density at radius 2 is 1.93 bits per heavy atom. The van der Waals surface area contributed by atoms with Gasteiger partial charge in [0.05, 0.1) is 19.3 Å². The minimum absolute atomic E-state index is 0.0148. The SMILES string of the molecule is CO[C@@H]1CC[C@H](c2nc(COc3ccc(C(C)(C)C)cc3)nn2CCO)C[C@H]1N. The number of rotatable bonds is 7. The molecule has 0 amide bonds. The van der Waals surface area contributed by atoms with Gasteiger partial charge in [-0.25, -0.2) is 9.67 Å². The van der Waals surface area contributed by atoms with E-state index < -0.39 is 0 Å². The van der Waals surface area contributed by atoms with Gasteiger partial charge >= 0.3 is 0 Å². The van der Waals surface area contributed by atoms with Crippen LogP contribution in [-0.2, 0) is 23.3 Å². The smallest absolute Gasteiger partial charge is 0.188 e.